The summed E-state index contributed by atoms with van der Waals surface area (Å²) < 4.78 is 43.6. The SMILES string of the molecule is COc1cccc(N(CC(=O)NCc2ccc3c(c2)OCO3)S(=O)(=O)c2ccccc2)c1. The van der Waals surface area contributed by atoms with Gasteiger partial charge in [-0.3, -0.25) is 9.10 Å². The molecule has 166 valence electrons. The number of sulfonamides is 1. The highest BCUT2D eigenvalue weighted by atomic mass is 32.2. The van der Waals surface area contributed by atoms with Gasteiger partial charge in [0.2, 0.25) is 12.7 Å². The standard InChI is InChI=1S/C23H22N2O6S/c1-29-19-7-5-6-18(13-19)25(32(27,28)20-8-3-2-4-9-20)15-23(26)24-14-17-10-11-21-22(12-17)31-16-30-21/h2-13H,14-16H2,1H3,(H,24,26). The first-order valence-corrected chi connectivity index (χ1v) is 11.3. The van der Waals surface area contributed by atoms with E-state index < -0.39 is 22.5 Å². The molecule has 0 unspecified atom stereocenters. The molecule has 1 aliphatic heterocycles. The summed E-state index contributed by atoms with van der Waals surface area (Å²) in [6, 6.07) is 19.9. The highest BCUT2D eigenvalue weighted by molar-refractivity contribution is 7.92. The van der Waals surface area contributed by atoms with Crippen LogP contribution in [0.25, 0.3) is 0 Å². The molecular weight excluding hydrogens is 432 g/mol. The highest BCUT2D eigenvalue weighted by Gasteiger charge is 2.27. The number of fused-ring (bicyclic) bond motifs is 1. The number of anilines is 1. The number of benzene rings is 3. The highest BCUT2D eigenvalue weighted by Crippen LogP contribution is 2.32. The van der Waals surface area contributed by atoms with Crippen molar-refractivity contribution in [1.82, 2.24) is 5.32 Å². The topological polar surface area (TPSA) is 94.2 Å². The van der Waals surface area contributed by atoms with Crippen LogP contribution in [-0.2, 0) is 21.4 Å². The first-order chi connectivity index (χ1) is 15.5. The van der Waals surface area contributed by atoms with Gasteiger partial charge >= 0.3 is 0 Å². The van der Waals surface area contributed by atoms with E-state index in [0.29, 0.717) is 22.9 Å². The molecule has 3 aromatic carbocycles. The smallest absolute Gasteiger partial charge is 0.264 e. The van der Waals surface area contributed by atoms with Crippen molar-refractivity contribution < 1.29 is 27.4 Å². The second-order valence-corrected chi connectivity index (χ2v) is 8.85. The van der Waals surface area contributed by atoms with Gasteiger partial charge in [0.05, 0.1) is 17.7 Å². The van der Waals surface area contributed by atoms with Crippen molar-refractivity contribution in [3.05, 3.63) is 78.4 Å². The summed E-state index contributed by atoms with van der Waals surface area (Å²) in [6.45, 7) is -0.0141. The number of ether oxygens (including phenoxy) is 3. The number of nitrogens with one attached hydrogen (secondary N) is 1. The zero-order chi connectivity index (χ0) is 22.6. The number of rotatable bonds is 8. The first-order valence-electron chi connectivity index (χ1n) is 9.84. The van der Waals surface area contributed by atoms with Crippen molar-refractivity contribution in [2.24, 2.45) is 0 Å². The van der Waals surface area contributed by atoms with Crippen LogP contribution in [-0.4, -0.2) is 34.8 Å². The fourth-order valence-electron chi connectivity index (χ4n) is 3.24. The van der Waals surface area contributed by atoms with Gasteiger partial charge in [-0.25, -0.2) is 8.42 Å². The maximum Gasteiger partial charge on any atom is 0.264 e. The molecule has 1 aliphatic rings. The van der Waals surface area contributed by atoms with Crippen molar-refractivity contribution in [3.8, 4) is 17.2 Å². The number of hydrogen-bond acceptors (Lipinski definition) is 6. The normalized spacial score (nSPS) is 12.3. The Morgan fingerprint density at radius 3 is 2.56 bits per heavy atom. The fraction of sp³-hybridized carbons (Fsp3) is 0.174. The molecule has 0 bridgehead atoms. The summed E-state index contributed by atoms with van der Waals surface area (Å²) in [7, 11) is -2.49. The lowest BCUT2D eigenvalue weighted by Crippen LogP contribution is -2.40. The summed E-state index contributed by atoms with van der Waals surface area (Å²) >= 11 is 0. The van der Waals surface area contributed by atoms with Crippen LogP contribution in [0.15, 0.2) is 77.7 Å². The Hall–Kier alpha value is -3.72. The zero-order valence-corrected chi connectivity index (χ0v) is 18.2. The molecule has 0 saturated carbocycles. The van der Waals surface area contributed by atoms with E-state index in [4.69, 9.17) is 14.2 Å². The number of nitrogens with zero attached hydrogens (tertiary/aromatic N) is 1. The number of methoxy groups -OCH3 is 1. The number of hydrogen-bond donors (Lipinski definition) is 1. The largest absolute Gasteiger partial charge is 0.497 e. The maximum atomic E-state index is 13.3. The third kappa shape index (κ3) is 4.62. The molecule has 0 atom stereocenters. The fourth-order valence-corrected chi connectivity index (χ4v) is 4.67. The predicted molar refractivity (Wildman–Crippen MR) is 118 cm³/mol. The lowest BCUT2D eigenvalue weighted by atomic mass is 10.2. The monoisotopic (exact) mass is 454 g/mol. The number of carbonyl (C=O) groups is 1. The summed E-state index contributed by atoms with van der Waals surface area (Å²) in [6.07, 6.45) is 0. The van der Waals surface area contributed by atoms with E-state index in [9.17, 15) is 13.2 Å². The van der Waals surface area contributed by atoms with Gasteiger partial charge in [0.25, 0.3) is 10.0 Å². The van der Waals surface area contributed by atoms with Crippen LogP contribution in [0.2, 0.25) is 0 Å². The maximum absolute atomic E-state index is 13.3. The number of carbonyl (C=O) groups excluding carboxylic acids is 1. The Labute approximate surface area is 186 Å². The minimum atomic E-state index is -3.98. The van der Waals surface area contributed by atoms with Crippen LogP contribution in [0, 0.1) is 0 Å². The van der Waals surface area contributed by atoms with Gasteiger partial charge in [-0.1, -0.05) is 30.3 Å². The summed E-state index contributed by atoms with van der Waals surface area (Å²) in [5.41, 5.74) is 1.13. The second kappa shape index (κ2) is 9.19. The molecule has 8 nitrogen and oxygen atoms in total. The van der Waals surface area contributed by atoms with Crippen LogP contribution < -0.4 is 23.8 Å². The number of amides is 1. The van der Waals surface area contributed by atoms with Crippen LogP contribution in [0.1, 0.15) is 5.56 Å². The molecule has 4 rings (SSSR count). The van der Waals surface area contributed by atoms with Crippen molar-refractivity contribution >= 4 is 21.6 Å². The Morgan fingerprint density at radius 2 is 1.78 bits per heavy atom. The average Bonchev–Trinajstić information content (AvgIpc) is 3.29. The summed E-state index contributed by atoms with van der Waals surface area (Å²) in [5, 5.41) is 2.77. The molecule has 1 amide bonds. The van der Waals surface area contributed by atoms with E-state index in [0.717, 1.165) is 9.87 Å². The molecule has 3 aromatic rings. The van der Waals surface area contributed by atoms with E-state index in [-0.39, 0.29) is 18.2 Å². The molecular formula is C23H22N2O6S. The van der Waals surface area contributed by atoms with Crippen LogP contribution in [0.4, 0.5) is 5.69 Å². The van der Waals surface area contributed by atoms with E-state index in [1.807, 2.05) is 6.07 Å². The van der Waals surface area contributed by atoms with Crippen LogP contribution in [0.3, 0.4) is 0 Å². The van der Waals surface area contributed by atoms with Crippen LogP contribution in [0.5, 0.6) is 17.2 Å². The molecule has 32 heavy (non-hydrogen) atoms. The average molecular weight is 455 g/mol. The van der Waals surface area contributed by atoms with Crippen molar-refractivity contribution in [1.29, 1.82) is 0 Å². The van der Waals surface area contributed by atoms with E-state index in [1.54, 1.807) is 54.6 Å². The van der Waals surface area contributed by atoms with Crippen molar-refractivity contribution in [2.45, 2.75) is 11.4 Å². The Kier molecular flexibility index (Phi) is 6.18. The van der Waals surface area contributed by atoms with E-state index >= 15 is 0 Å². The molecule has 0 saturated heterocycles. The molecule has 0 aromatic heterocycles. The quantitative estimate of drug-likeness (QED) is 0.563. The lowest BCUT2D eigenvalue weighted by Gasteiger charge is -2.24. The Bertz CT molecular complexity index is 1210. The summed E-state index contributed by atoms with van der Waals surface area (Å²) in [4.78, 5) is 12.9. The van der Waals surface area contributed by atoms with Crippen molar-refractivity contribution in [2.75, 3.05) is 24.8 Å². The third-order valence-corrected chi connectivity index (χ3v) is 6.67. The van der Waals surface area contributed by atoms with Gasteiger partial charge in [-0.2, -0.15) is 0 Å². The van der Waals surface area contributed by atoms with E-state index in [2.05, 4.69) is 5.32 Å². The molecule has 0 radical (unpaired) electrons. The van der Waals surface area contributed by atoms with Gasteiger partial charge < -0.3 is 19.5 Å². The molecule has 0 fully saturated rings. The molecule has 0 aliphatic carbocycles. The lowest BCUT2D eigenvalue weighted by molar-refractivity contribution is -0.119. The van der Waals surface area contributed by atoms with Gasteiger partial charge in [-0.05, 0) is 42.0 Å². The molecule has 0 spiro atoms. The zero-order valence-electron chi connectivity index (χ0n) is 17.4. The Balaban J connectivity index is 1.55. The second-order valence-electron chi connectivity index (χ2n) is 6.99. The van der Waals surface area contributed by atoms with Crippen molar-refractivity contribution in [3.63, 3.8) is 0 Å². The molecule has 1 N–H and O–H groups in total. The van der Waals surface area contributed by atoms with Gasteiger partial charge in [-0.15, -0.1) is 0 Å². The van der Waals surface area contributed by atoms with E-state index in [1.165, 1.54) is 19.2 Å². The minimum absolute atomic E-state index is 0.0893. The Morgan fingerprint density at radius 1 is 1.00 bits per heavy atom. The molecule has 1 heterocycles. The van der Waals surface area contributed by atoms with Gasteiger partial charge in [0.1, 0.15) is 12.3 Å². The third-order valence-electron chi connectivity index (χ3n) is 4.89. The minimum Gasteiger partial charge on any atom is -0.497 e. The van der Waals surface area contributed by atoms with Crippen LogP contribution >= 0.6 is 0 Å². The summed E-state index contributed by atoms with van der Waals surface area (Å²) in [5.74, 6) is 1.29. The predicted octanol–water partition coefficient (Wildman–Crippen LogP) is 2.94. The van der Waals surface area contributed by atoms with Gasteiger partial charge in [0, 0.05) is 12.6 Å². The first kappa shape index (κ1) is 21.5. The molecule has 9 heteroatoms. The van der Waals surface area contributed by atoms with Gasteiger partial charge in [0.15, 0.2) is 11.5 Å².